The maximum Gasteiger partial charge on any atom is 0.262 e. The molecule has 3 aromatic rings. The van der Waals surface area contributed by atoms with Crippen molar-refractivity contribution in [3.8, 4) is 0 Å². The molecule has 0 aromatic carbocycles. The fourth-order valence-corrected chi connectivity index (χ4v) is 3.71. The molecular formula is C13H14N4OS2. The van der Waals surface area contributed by atoms with E-state index in [4.69, 9.17) is 4.42 Å². The topological polar surface area (TPSA) is 55.4 Å². The molecule has 0 atom stereocenters. The lowest BCUT2D eigenvalue weighted by Crippen LogP contribution is -2.16. The van der Waals surface area contributed by atoms with Gasteiger partial charge in [0.15, 0.2) is 4.96 Å². The van der Waals surface area contributed by atoms with E-state index in [1.807, 2.05) is 6.92 Å². The minimum atomic E-state index is 0.654. The quantitative estimate of drug-likeness (QED) is 0.785. The van der Waals surface area contributed by atoms with Crippen molar-refractivity contribution in [2.24, 2.45) is 0 Å². The molecule has 4 rings (SSSR count). The Morgan fingerprint density at radius 2 is 2.40 bits per heavy atom. The molecule has 0 unspecified atom stereocenters. The van der Waals surface area contributed by atoms with Crippen LogP contribution in [0.5, 0.6) is 0 Å². The molecule has 0 aliphatic heterocycles. The van der Waals surface area contributed by atoms with Crippen LogP contribution in [0, 0.1) is 6.92 Å². The normalized spacial score (nSPS) is 15.2. The summed E-state index contributed by atoms with van der Waals surface area (Å²) < 4.78 is 7.57. The second kappa shape index (κ2) is 4.91. The van der Waals surface area contributed by atoms with Crippen molar-refractivity contribution < 1.29 is 4.42 Å². The molecule has 1 saturated carbocycles. The highest BCUT2D eigenvalue weighted by molar-refractivity contribution is 7.99. The van der Waals surface area contributed by atoms with E-state index in [1.54, 1.807) is 17.6 Å². The molecule has 1 aliphatic rings. The first-order chi connectivity index (χ1) is 9.79. The van der Waals surface area contributed by atoms with Gasteiger partial charge in [-0.25, -0.2) is 9.97 Å². The molecule has 3 aromatic heterocycles. The highest BCUT2D eigenvalue weighted by Crippen LogP contribution is 2.32. The zero-order valence-corrected chi connectivity index (χ0v) is 12.6. The van der Waals surface area contributed by atoms with E-state index < -0.39 is 0 Å². The van der Waals surface area contributed by atoms with Crippen LogP contribution in [0.25, 0.3) is 4.96 Å². The predicted octanol–water partition coefficient (Wildman–Crippen LogP) is 3.10. The molecule has 1 fully saturated rings. The first kappa shape index (κ1) is 12.4. The average Bonchev–Trinajstić information content (AvgIpc) is 2.83. The third-order valence-corrected chi connectivity index (χ3v) is 4.88. The lowest BCUT2D eigenvalue weighted by molar-refractivity contribution is 0.453. The van der Waals surface area contributed by atoms with Gasteiger partial charge in [0.2, 0.25) is 0 Å². The summed E-state index contributed by atoms with van der Waals surface area (Å²) >= 11 is 3.14. The molecule has 5 nitrogen and oxygen atoms in total. The lowest BCUT2D eigenvalue weighted by atomic mass is 10.4. The van der Waals surface area contributed by atoms with Crippen LogP contribution in [0.4, 0.5) is 0 Å². The maximum absolute atomic E-state index is 5.42. The largest absolute Gasteiger partial charge is 0.439 e. The van der Waals surface area contributed by atoms with E-state index in [1.165, 1.54) is 30.3 Å². The number of aryl methyl sites for hydroxylation is 1. The van der Waals surface area contributed by atoms with Gasteiger partial charge in [0.05, 0.1) is 11.4 Å². The average molecular weight is 306 g/mol. The Labute approximate surface area is 124 Å². The number of nitrogens with one attached hydrogen (secondary N) is 1. The van der Waals surface area contributed by atoms with E-state index in [0.29, 0.717) is 11.3 Å². The Kier molecular flexibility index (Phi) is 3.05. The number of rotatable bonds is 5. The van der Waals surface area contributed by atoms with E-state index in [0.717, 1.165) is 22.2 Å². The zero-order valence-electron chi connectivity index (χ0n) is 11.0. The number of fused-ring (bicyclic) bond motifs is 1. The van der Waals surface area contributed by atoms with Crippen molar-refractivity contribution >= 4 is 28.1 Å². The zero-order chi connectivity index (χ0) is 13.5. The maximum atomic E-state index is 5.42. The molecule has 104 valence electrons. The molecule has 20 heavy (non-hydrogen) atoms. The van der Waals surface area contributed by atoms with Crippen molar-refractivity contribution in [2.75, 3.05) is 0 Å². The summed E-state index contributed by atoms with van der Waals surface area (Å²) in [6, 6.07) is 0.681. The standard InChI is InChI=1S/C13H14N4OS2/c1-8-7-18-13(15-8)20-11-10(6-14-9-2-3-9)17-4-5-19-12(17)16-11/h4-5,7,9,14H,2-3,6H2,1H3. The number of aromatic nitrogens is 3. The van der Waals surface area contributed by atoms with Crippen LogP contribution in [0.1, 0.15) is 24.2 Å². The number of nitrogens with zero attached hydrogens (tertiary/aromatic N) is 3. The summed E-state index contributed by atoms with van der Waals surface area (Å²) in [4.78, 5) is 10.0. The molecule has 0 saturated heterocycles. The third-order valence-electron chi connectivity index (χ3n) is 3.24. The number of imidazole rings is 1. The van der Waals surface area contributed by atoms with Crippen LogP contribution in [0.2, 0.25) is 0 Å². The molecular weight excluding hydrogens is 292 g/mol. The van der Waals surface area contributed by atoms with Crippen LogP contribution in [0.15, 0.2) is 32.5 Å². The Morgan fingerprint density at radius 1 is 1.50 bits per heavy atom. The summed E-state index contributed by atoms with van der Waals surface area (Å²) in [5.74, 6) is 0. The molecule has 0 bridgehead atoms. The number of hydrogen-bond acceptors (Lipinski definition) is 6. The van der Waals surface area contributed by atoms with Crippen LogP contribution < -0.4 is 5.32 Å². The monoisotopic (exact) mass is 306 g/mol. The molecule has 0 spiro atoms. The Balaban J connectivity index is 1.65. The minimum absolute atomic E-state index is 0.654. The molecule has 3 heterocycles. The van der Waals surface area contributed by atoms with Crippen molar-refractivity contribution in [1.82, 2.24) is 19.7 Å². The van der Waals surface area contributed by atoms with Gasteiger partial charge in [-0.15, -0.1) is 11.3 Å². The van der Waals surface area contributed by atoms with Gasteiger partial charge in [-0.05, 0) is 31.5 Å². The van der Waals surface area contributed by atoms with Crippen LogP contribution in [-0.2, 0) is 6.54 Å². The first-order valence-corrected chi connectivity index (χ1v) is 8.27. The van der Waals surface area contributed by atoms with E-state index >= 15 is 0 Å². The SMILES string of the molecule is Cc1coc(Sc2nc3sccn3c2CNC2CC2)n1. The lowest BCUT2D eigenvalue weighted by Gasteiger charge is -2.03. The minimum Gasteiger partial charge on any atom is -0.439 e. The molecule has 7 heteroatoms. The van der Waals surface area contributed by atoms with Crippen molar-refractivity contribution in [3.05, 3.63) is 29.2 Å². The van der Waals surface area contributed by atoms with Crippen LogP contribution in [-0.4, -0.2) is 20.4 Å². The summed E-state index contributed by atoms with van der Waals surface area (Å²) in [6.07, 6.45) is 6.31. The number of hydrogen-bond donors (Lipinski definition) is 1. The molecule has 0 radical (unpaired) electrons. The van der Waals surface area contributed by atoms with Crippen molar-refractivity contribution in [1.29, 1.82) is 0 Å². The molecule has 1 aliphatic carbocycles. The number of oxazole rings is 1. The third kappa shape index (κ3) is 2.36. The van der Waals surface area contributed by atoms with Gasteiger partial charge in [0.1, 0.15) is 11.3 Å². The van der Waals surface area contributed by atoms with E-state index in [2.05, 4.69) is 31.3 Å². The van der Waals surface area contributed by atoms with Crippen LogP contribution >= 0.6 is 23.1 Å². The van der Waals surface area contributed by atoms with Gasteiger partial charge in [-0.2, -0.15) is 0 Å². The van der Waals surface area contributed by atoms with Gasteiger partial charge in [0, 0.05) is 24.2 Å². The molecule has 0 amide bonds. The number of thiazole rings is 1. The second-order valence-corrected chi connectivity index (χ2v) is 6.74. The summed E-state index contributed by atoms with van der Waals surface area (Å²) in [7, 11) is 0. The highest BCUT2D eigenvalue weighted by atomic mass is 32.2. The van der Waals surface area contributed by atoms with E-state index in [-0.39, 0.29) is 0 Å². The van der Waals surface area contributed by atoms with Gasteiger partial charge in [0.25, 0.3) is 5.22 Å². The van der Waals surface area contributed by atoms with Gasteiger partial charge >= 0.3 is 0 Å². The van der Waals surface area contributed by atoms with Gasteiger partial charge in [-0.1, -0.05) is 0 Å². The first-order valence-electron chi connectivity index (χ1n) is 6.57. The summed E-state index contributed by atoms with van der Waals surface area (Å²) in [5.41, 5.74) is 2.08. The highest BCUT2D eigenvalue weighted by Gasteiger charge is 2.23. The van der Waals surface area contributed by atoms with Crippen LogP contribution in [0.3, 0.4) is 0 Å². The Bertz CT molecular complexity index is 741. The Morgan fingerprint density at radius 3 is 3.15 bits per heavy atom. The van der Waals surface area contributed by atoms with Crippen molar-refractivity contribution in [2.45, 2.75) is 42.6 Å². The van der Waals surface area contributed by atoms with Crippen molar-refractivity contribution in [3.63, 3.8) is 0 Å². The summed E-state index contributed by atoms with van der Waals surface area (Å²) in [6.45, 7) is 2.76. The Hall–Kier alpha value is -1.31. The van der Waals surface area contributed by atoms with E-state index in [9.17, 15) is 0 Å². The predicted molar refractivity (Wildman–Crippen MR) is 78.3 cm³/mol. The molecule has 1 N–H and O–H groups in total. The summed E-state index contributed by atoms with van der Waals surface area (Å²) in [5, 5.41) is 7.25. The fraction of sp³-hybridized carbons (Fsp3) is 0.385. The van der Waals surface area contributed by atoms with Gasteiger partial charge < -0.3 is 9.73 Å². The smallest absolute Gasteiger partial charge is 0.262 e. The second-order valence-electron chi connectivity index (χ2n) is 4.93. The fourth-order valence-electron chi connectivity index (χ4n) is 2.05. The van der Waals surface area contributed by atoms with Gasteiger partial charge in [-0.3, -0.25) is 4.40 Å².